The van der Waals surface area contributed by atoms with E-state index in [9.17, 15) is 12.8 Å². The van der Waals surface area contributed by atoms with Gasteiger partial charge in [0.05, 0.1) is 10.0 Å². The Morgan fingerprint density at radius 2 is 1.75 bits per heavy atom. The topological polar surface area (TPSA) is 46.2 Å². The molecular weight excluding hydrogens is 372 g/mol. The minimum atomic E-state index is -3.86. The van der Waals surface area contributed by atoms with Crippen molar-refractivity contribution in [1.82, 2.24) is 4.72 Å². The fourth-order valence-corrected chi connectivity index (χ4v) is 4.84. The van der Waals surface area contributed by atoms with Gasteiger partial charge in [-0.25, -0.2) is 17.5 Å². The lowest BCUT2D eigenvalue weighted by molar-refractivity contribution is 0.577. The van der Waals surface area contributed by atoms with E-state index in [1.807, 2.05) is 0 Å². The zero-order valence-corrected chi connectivity index (χ0v) is 15.1. The maximum absolute atomic E-state index is 13.6. The van der Waals surface area contributed by atoms with Gasteiger partial charge >= 0.3 is 0 Å². The summed E-state index contributed by atoms with van der Waals surface area (Å²) in [7, 11) is -3.86. The van der Waals surface area contributed by atoms with E-state index < -0.39 is 10.0 Å². The third-order valence-corrected chi connectivity index (χ3v) is 6.36. The standard InChI is InChI=1S/C17H16Cl2FNO2S/c18-14-9-13(11-5-6-11)10-15(19)17(14)24(22,23)21-8-7-12-3-1-2-4-16(12)20/h1-4,9-11,21H,5-8H2. The summed E-state index contributed by atoms with van der Waals surface area (Å²) in [6.45, 7) is 0.0559. The Hall–Kier alpha value is -1.14. The lowest BCUT2D eigenvalue weighted by Crippen LogP contribution is -2.26. The fraction of sp³-hybridized carbons (Fsp3) is 0.294. The Labute approximate surface area is 150 Å². The molecule has 3 nitrogen and oxygen atoms in total. The zero-order chi connectivity index (χ0) is 17.3. The van der Waals surface area contributed by atoms with Gasteiger partial charge in [-0.1, -0.05) is 41.4 Å². The zero-order valence-electron chi connectivity index (χ0n) is 12.7. The highest BCUT2D eigenvalue weighted by molar-refractivity contribution is 7.89. The predicted molar refractivity (Wildman–Crippen MR) is 93.7 cm³/mol. The Balaban J connectivity index is 1.74. The van der Waals surface area contributed by atoms with Gasteiger partial charge in [0.1, 0.15) is 10.7 Å². The molecule has 128 valence electrons. The van der Waals surface area contributed by atoms with Crippen LogP contribution in [-0.2, 0) is 16.4 Å². The fourth-order valence-electron chi connectivity index (χ4n) is 2.58. The third-order valence-electron chi connectivity index (χ3n) is 3.98. The average Bonchev–Trinajstić information content (AvgIpc) is 3.32. The molecule has 2 aromatic rings. The highest BCUT2D eigenvalue weighted by Gasteiger charge is 2.28. The molecule has 0 saturated heterocycles. The maximum atomic E-state index is 13.6. The lowest BCUT2D eigenvalue weighted by Gasteiger charge is -2.12. The Kier molecular flexibility index (Phi) is 5.16. The molecule has 0 aromatic heterocycles. The number of halogens is 3. The van der Waals surface area contributed by atoms with Crippen molar-refractivity contribution in [3.05, 3.63) is 63.4 Å². The minimum Gasteiger partial charge on any atom is -0.211 e. The molecule has 1 N–H and O–H groups in total. The van der Waals surface area contributed by atoms with Crippen LogP contribution in [0.3, 0.4) is 0 Å². The van der Waals surface area contributed by atoms with Crippen LogP contribution in [0.5, 0.6) is 0 Å². The van der Waals surface area contributed by atoms with E-state index in [0.717, 1.165) is 18.4 Å². The first kappa shape index (κ1) is 17.7. The first-order valence-electron chi connectivity index (χ1n) is 7.60. The van der Waals surface area contributed by atoms with Crippen LogP contribution in [-0.4, -0.2) is 15.0 Å². The molecule has 0 unspecified atom stereocenters. The summed E-state index contributed by atoms with van der Waals surface area (Å²) in [5, 5.41) is 0.227. The van der Waals surface area contributed by atoms with E-state index in [1.54, 1.807) is 30.3 Å². The molecule has 0 heterocycles. The van der Waals surface area contributed by atoms with Gasteiger partial charge in [-0.15, -0.1) is 0 Å². The van der Waals surface area contributed by atoms with Gasteiger partial charge in [-0.3, -0.25) is 0 Å². The second-order valence-electron chi connectivity index (χ2n) is 5.83. The van der Waals surface area contributed by atoms with Crippen LogP contribution in [0.2, 0.25) is 10.0 Å². The summed E-state index contributed by atoms with van der Waals surface area (Å²) < 4.78 is 40.9. The summed E-state index contributed by atoms with van der Waals surface area (Å²) in [6.07, 6.45) is 2.38. The number of hydrogen-bond donors (Lipinski definition) is 1. The molecular formula is C17H16Cl2FNO2S. The van der Waals surface area contributed by atoms with Gasteiger partial charge in [0.2, 0.25) is 10.0 Å². The Morgan fingerprint density at radius 1 is 1.12 bits per heavy atom. The molecule has 0 spiro atoms. The van der Waals surface area contributed by atoms with Crippen LogP contribution < -0.4 is 4.72 Å². The molecule has 0 radical (unpaired) electrons. The second-order valence-corrected chi connectivity index (χ2v) is 8.35. The van der Waals surface area contributed by atoms with Gasteiger partial charge in [0.25, 0.3) is 0 Å². The van der Waals surface area contributed by atoms with Crippen LogP contribution in [0.4, 0.5) is 4.39 Å². The molecule has 1 saturated carbocycles. The van der Waals surface area contributed by atoms with E-state index in [4.69, 9.17) is 23.2 Å². The van der Waals surface area contributed by atoms with Crippen molar-refractivity contribution in [3.63, 3.8) is 0 Å². The number of rotatable bonds is 6. The highest BCUT2D eigenvalue weighted by Crippen LogP contribution is 2.43. The molecule has 0 atom stereocenters. The molecule has 3 rings (SSSR count). The van der Waals surface area contributed by atoms with Crippen molar-refractivity contribution < 1.29 is 12.8 Å². The van der Waals surface area contributed by atoms with Crippen LogP contribution >= 0.6 is 23.2 Å². The largest absolute Gasteiger partial charge is 0.243 e. The molecule has 0 amide bonds. The van der Waals surface area contributed by atoms with E-state index in [1.165, 1.54) is 6.07 Å². The molecule has 1 aliphatic rings. The molecule has 2 aromatic carbocycles. The van der Waals surface area contributed by atoms with Crippen LogP contribution in [0.25, 0.3) is 0 Å². The smallest absolute Gasteiger partial charge is 0.211 e. The summed E-state index contributed by atoms with van der Waals surface area (Å²) in [4.78, 5) is -0.122. The summed E-state index contributed by atoms with van der Waals surface area (Å²) in [5.74, 6) is 0.0623. The van der Waals surface area contributed by atoms with Crippen LogP contribution in [0.15, 0.2) is 41.3 Å². The Bertz CT molecular complexity index is 844. The number of hydrogen-bond acceptors (Lipinski definition) is 2. The van der Waals surface area contributed by atoms with Crippen molar-refractivity contribution in [2.75, 3.05) is 6.54 Å². The summed E-state index contributed by atoms with van der Waals surface area (Å²) in [6, 6.07) is 9.58. The quantitative estimate of drug-likeness (QED) is 0.790. The SMILES string of the molecule is O=S(=O)(NCCc1ccccc1F)c1c(Cl)cc(C2CC2)cc1Cl. The highest BCUT2D eigenvalue weighted by atomic mass is 35.5. The van der Waals surface area contributed by atoms with Crippen molar-refractivity contribution in [1.29, 1.82) is 0 Å². The lowest BCUT2D eigenvalue weighted by atomic mass is 10.1. The van der Waals surface area contributed by atoms with Gasteiger partial charge in [-0.05, 0) is 54.5 Å². The summed E-state index contributed by atoms with van der Waals surface area (Å²) in [5.41, 5.74) is 1.41. The Morgan fingerprint density at radius 3 is 2.33 bits per heavy atom. The van der Waals surface area contributed by atoms with Gasteiger partial charge < -0.3 is 0 Å². The normalized spacial score (nSPS) is 14.8. The molecule has 24 heavy (non-hydrogen) atoms. The van der Waals surface area contributed by atoms with E-state index in [0.29, 0.717) is 11.5 Å². The third kappa shape index (κ3) is 3.91. The van der Waals surface area contributed by atoms with Crippen LogP contribution in [0.1, 0.15) is 29.9 Å². The monoisotopic (exact) mass is 387 g/mol. The number of sulfonamides is 1. The first-order chi connectivity index (χ1) is 11.4. The van der Waals surface area contributed by atoms with Gasteiger partial charge in [-0.2, -0.15) is 0 Å². The second kappa shape index (κ2) is 7.00. The first-order valence-corrected chi connectivity index (χ1v) is 9.84. The number of nitrogens with one attached hydrogen (secondary N) is 1. The predicted octanol–water partition coefficient (Wildman–Crippen LogP) is 4.53. The minimum absolute atomic E-state index is 0.0559. The van der Waals surface area contributed by atoms with Crippen molar-refractivity contribution in [3.8, 4) is 0 Å². The molecule has 0 bridgehead atoms. The van der Waals surface area contributed by atoms with Gasteiger partial charge in [0.15, 0.2) is 0 Å². The van der Waals surface area contributed by atoms with Crippen molar-refractivity contribution >= 4 is 33.2 Å². The van der Waals surface area contributed by atoms with Crippen molar-refractivity contribution in [2.24, 2.45) is 0 Å². The van der Waals surface area contributed by atoms with Crippen molar-refractivity contribution in [2.45, 2.75) is 30.1 Å². The molecule has 7 heteroatoms. The van der Waals surface area contributed by atoms with Crippen LogP contribution in [0, 0.1) is 5.82 Å². The van der Waals surface area contributed by atoms with E-state index in [-0.39, 0.29) is 33.7 Å². The van der Waals surface area contributed by atoms with E-state index >= 15 is 0 Å². The number of benzene rings is 2. The molecule has 0 aliphatic heterocycles. The average molecular weight is 388 g/mol. The maximum Gasteiger partial charge on any atom is 0.243 e. The summed E-state index contributed by atoms with van der Waals surface area (Å²) >= 11 is 12.3. The van der Waals surface area contributed by atoms with E-state index in [2.05, 4.69) is 4.72 Å². The molecule has 1 aliphatic carbocycles. The van der Waals surface area contributed by atoms with Gasteiger partial charge in [0, 0.05) is 6.54 Å². The molecule has 1 fully saturated rings.